The van der Waals surface area contributed by atoms with Crippen molar-refractivity contribution in [2.24, 2.45) is 0 Å². The van der Waals surface area contributed by atoms with E-state index in [0.717, 1.165) is 6.54 Å². The van der Waals surface area contributed by atoms with E-state index in [1.54, 1.807) is 14.0 Å². The van der Waals surface area contributed by atoms with Gasteiger partial charge in [-0.2, -0.15) is 0 Å². The third kappa shape index (κ3) is 4.73. The van der Waals surface area contributed by atoms with E-state index in [1.165, 1.54) is 6.20 Å². The summed E-state index contributed by atoms with van der Waals surface area (Å²) in [5.41, 5.74) is 0. The second-order valence-corrected chi connectivity index (χ2v) is 5.76. The molecule has 1 aromatic rings. The number of methoxy groups -OCH3 is 1. The highest BCUT2D eigenvalue weighted by molar-refractivity contribution is 7.89. The summed E-state index contributed by atoms with van der Waals surface area (Å²) in [7, 11) is 0.0648. The SMILES string of the molecule is COCCN(C)CCNS(=O)(=O)c1cnc(C)[nH]1. The number of nitrogens with one attached hydrogen (secondary N) is 2. The van der Waals surface area contributed by atoms with E-state index in [4.69, 9.17) is 4.74 Å². The van der Waals surface area contributed by atoms with E-state index < -0.39 is 10.0 Å². The molecule has 0 bridgehead atoms. The van der Waals surface area contributed by atoms with Gasteiger partial charge in [0.15, 0.2) is 5.03 Å². The maximum absolute atomic E-state index is 11.8. The van der Waals surface area contributed by atoms with Gasteiger partial charge in [-0.15, -0.1) is 0 Å². The molecule has 0 fully saturated rings. The van der Waals surface area contributed by atoms with Crippen LogP contribution in [-0.4, -0.2) is 63.7 Å². The van der Waals surface area contributed by atoms with Crippen molar-refractivity contribution in [2.75, 3.05) is 40.4 Å². The minimum atomic E-state index is -3.48. The van der Waals surface area contributed by atoms with E-state index >= 15 is 0 Å². The van der Waals surface area contributed by atoms with Crippen LogP contribution in [0.3, 0.4) is 0 Å². The van der Waals surface area contributed by atoms with Crippen molar-refractivity contribution in [3.63, 3.8) is 0 Å². The first kappa shape index (κ1) is 15.1. The third-order valence-electron chi connectivity index (χ3n) is 2.43. The molecule has 104 valence electrons. The lowest BCUT2D eigenvalue weighted by molar-refractivity contribution is 0.162. The van der Waals surface area contributed by atoms with Crippen molar-refractivity contribution >= 4 is 10.0 Å². The van der Waals surface area contributed by atoms with E-state index in [-0.39, 0.29) is 5.03 Å². The molecule has 0 saturated carbocycles. The molecule has 1 aromatic heterocycles. The highest BCUT2D eigenvalue weighted by Crippen LogP contribution is 2.03. The average Bonchev–Trinajstić information content (AvgIpc) is 2.73. The summed E-state index contributed by atoms with van der Waals surface area (Å²) in [5, 5.41) is 0.0968. The van der Waals surface area contributed by atoms with Crippen molar-refractivity contribution in [1.82, 2.24) is 19.6 Å². The Morgan fingerprint density at radius 1 is 1.50 bits per heavy atom. The fraction of sp³-hybridized carbons (Fsp3) is 0.700. The summed E-state index contributed by atoms with van der Waals surface area (Å²) in [5.74, 6) is 0.576. The first-order chi connectivity index (χ1) is 8.45. The van der Waals surface area contributed by atoms with Crippen LogP contribution in [0, 0.1) is 6.92 Å². The maximum atomic E-state index is 11.8. The lowest BCUT2D eigenvalue weighted by Gasteiger charge is -2.15. The van der Waals surface area contributed by atoms with Gasteiger partial charge in [0.2, 0.25) is 0 Å². The Morgan fingerprint density at radius 2 is 2.22 bits per heavy atom. The number of ether oxygens (including phenoxy) is 1. The number of likely N-dealkylation sites (N-methyl/N-ethyl adjacent to an activating group) is 1. The molecule has 0 spiro atoms. The molecule has 1 rings (SSSR count). The van der Waals surface area contributed by atoms with Crippen LogP contribution in [-0.2, 0) is 14.8 Å². The Labute approximate surface area is 108 Å². The van der Waals surface area contributed by atoms with Gasteiger partial charge in [0.1, 0.15) is 5.82 Å². The molecule has 8 heteroatoms. The lowest BCUT2D eigenvalue weighted by atomic mass is 10.5. The van der Waals surface area contributed by atoms with Crippen LogP contribution in [0.5, 0.6) is 0 Å². The normalized spacial score (nSPS) is 12.2. The number of aryl methyl sites for hydroxylation is 1. The predicted molar refractivity (Wildman–Crippen MR) is 67.9 cm³/mol. The predicted octanol–water partition coefficient (Wildman–Crippen LogP) is -0.425. The maximum Gasteiger partial charge on any atom is 0.257 e. The van der Waals surface area contributed by atoms with Crippen LogP contribution in [0.1, 0.15) is 5.82 Å². The Balaban J connectivity index is 2.39. The fourth-order valence-corrected chi connectivity index (χ4v) is 2.33. The van der Waals surface area contributed by atoms with Crippen LogP contribution in [0.25, 0.3) is 0 Å². The quantitative estimate of drug-likeness (QED) is 0.673. The topological polar surface area (TPSA) is 87.3 Å². The summed E-state index contributed by atoms with van der Waals surface area (Å²) < 4.78 is 31.1. The fourth-order valence-electron chi connectivity index (χ4n) is 1.34. The largest absolute Gasteiger partial charge is 0.383 e. The van der Waals surface area contributed by atoms with Gasteiger partial charge >= 0.3 is 0 Å². The highest BCUT2D eigenvalue weighted by Gasteiger charge is 2.15. The Morgan fingerprint density at radius 3 is 2.78 bits per heavy atom. The average molecular weight is 276 g/mol. The second kappa shape index (κ2) is 6.83. The second-order valence-electron chi connectivity index (χ2n) is 4.03. The van der Waals surface area contributed by atoms with Crippen molar-refractivity contribution in [3.8, 4) is 0 Å². The standard InChI is InChI=1S/C10H20N4O3S/c1-9-11-8-10(13-9)18(15,16)12-4-5-14(2)6-7-17-3/h8,12H,4-7H2,1-3H3,(H,11,13). The number of hydrogen-bond donors (Lipinski definition) is 2. The van der Waals surface area contributed by atoms with Crippen LogP contribution in [0.2, 0.25) is 0 Å². The Bertz CT molecular complexity index is 457. The zero-order valence-electron chi connectivity index (χ0n) is 10.9. The van der Waals surface area contributed by atoms with Crippen LogP contribution < -0.4 is 4.72 Å². The molecule has 18 heavy (non-hydrogen) atoms. The van der Waals surface area contributed by atoms with Crippen LogP contribution in [0.15, 0.2) is 11.2 Å². The molecule has 0 unspecified atom stereocenters. The number of H-pyrrole nitrogens is 1. The molecule has 1 heterocycles. The molecule has 0 radical (unpaired) electrons. The van der Waals surface area contributed by atoms with Gasteiger partial charge < -0.3 is 14.6 Å². The molecule has 7 nitrogen and oxygen atoms in total. The van der Waals surface area contributed by atoms with Gasteiger partial charge in [0.05, 0.1) is 12.8 Å². The number of rotatable bonds is 8. The van der Waals surface area contributed by atoms with Gasteiger partial charge in [-0.3, -0.25) is 0 Å². The number of aromatic nitrogens is 2. The van der Waals surface area contributed by atoms with Crippen molar-refractivity contribution in [1.29, 1.82) is 0 Å². The Kier molecular flexibility index (Phi) is 5.73. The van der Waals surface area contributed by atoms with Gasteiger partial charge in [-0.05, 0) is 14.0 Å². The number of nitrogens with zero attached hydrogens (tertiary/aromatic N) is 2. The first-order valence-electron chi connectivity index (χ1n) is 5.64. The highest BCUT2D eigenvalue weighted by atomic mass is 32.2. The van der Waals surface area contributed by atoms with E-state index in [2.05, 4.69) is 14.7 Å². The van der Waals surface area contributed by atoms with E-state index in [9.17, 15) is 8.42 Å². The number of sulfonamides is 1. The summed E-state index contributed by atoms with van der Waals surface area (Å²) >= 11 is 0. The summed E-state index contributed by atoms with van der Waals surface area (Å²) in [6, 6.07) is 0. The van der Waals surface area contributed by atoms with Gasteiger partial charge in [-0.1, -0.05) is 0 Å². The van der Waals surface area contributed by atoms with Crippen LogP contribution in [0.4, 0.5) is 0 Å². The van der Waals surface area contributed by atoms with Gasteiger partial charge in [0, 0.05) is 26.7 Å². The third-order valence-corrected chi connectivity index (χ3v) is 3.80. The molecule has 0 aliphatic carbocycles. The first-order valence-corrected chi connectivity index (χ1v) is 7.13. The minimum Gasteiger partial charge on any atom is -0.383 e. The zero-order valence-corrected chi connectivity index (χ0v) is 11.7. The monoisotopic (exact) mass is 276 g/mol. The molecule has 0 atom stereocenters. The van der Waals surface area contributed by atoms with Crippen molar-refractivity contribution in [3.05, 3.63) is 12.0 Å². The zero-order chi connectivity index (χ0) is 13.6. The molecule has 2 N–H and O–H groups in total. The van der Waals surface area contributed by atoms with Gasteiger partial charge in [0.25, 0.3) is 10.0 Å². The number of imidazole rings is 1. The smallest absolute Gasteiger partial charge is 0.257 e. The molecule has 0 aliphatic heterocycles. The van der Waals surface area contributed by atoms with Crippen molar-refractivity contribution < 1.29 is 13.2 Å². The van der Waals surface area contributed by atoms with Crippen LogP contribution >= 0.6 is 0 Å². The number of hydrogen-bond acceptors (Lipinski definition) is 5. The summed E-state index contributed by atoms with van der Waals surface area (Å²) in [4.78, 5) is 8.55. The number of aromatic amines is 1. The minimum absolute atomic E-state index is 0.0968. The van der Waals surface area contributed by atoms with Crippen molar-refractivity contribution in [2.45, 2.75) is 11.9 Å². The Hall–Kier alpha value is -0.960. The summed E-state index contributed by atoms with van der Waals surface area (Å²) in [6.45, 7) is 4.07. The molecule has 0 saturated heterocycles. The lowest BCUT2D eigenvalue weighted by Crippen LogP contribution is -2.34. The molecule has 0 aliphatic rings. The molecule has 0 aromatic carbocycles. The van der Waals surface area contributed by atoms with E-state index in [0.29, 0.717) is 25.5 Å². The molecule has 0 amide bonds. The van der Waals surface area contributed by atoms with Gasteiger partial charge in [-0.25, -0.2) is 18.1 Å². The van der Waals surface area contributed by atoms with E-state index in [1.807, 2.05) is 11.9 Å². The molecular formula is C10H20N4O3S. The summed E-state index contributed by atoms with van der Waals surface area (Å²) in [6.07, 6.45) is 1.31. The molecular weight excluding hydrogens is 256 g/mol.